The van der Waals surface area contributed by atoms with Crippen molar-refractivity contribution >= 4 is 35.0 Å². The van der Waals surface area contributed by atoms with Crippen molar-refractivity contribution in [3.8, 4) is 0 Å². The maximum absolute atomic E-state index is 12.0. The van der Waals surface area contributed by atoms with E-state index in [9.17, 15) is 9.90 Å². The fourth-order valence-corrected chi connectivity index (χ4v) is 4.92. The minimum Gasteiger partial charge on any atom is -0.447 e. The molecule has 1 aromatic heterocycles. The van der Waals surface area contributed by atoms with Crippen LogP contribution in [0.3, 0.4) is 0 Å². The second kappa shape index (κ2) is 9.42. The zero-order valence-electron chi connectivity index (χ0n) is 17.8. The van der Waals surface area contributed by atoms with Gasteiger partial charge in [-0.25, -0.2) is 4.79 Å². The highest BCUT2D eigenvalue weighted by Gasteiger charge is 2.42. The zero-order chi connectivity index (χ0) is 22.1. The van der Waals surface area contributed by atoms with Gasteiger partial charge in [-0.15, -0.1) is 0 Å². The molecular formula is C20H29ClN6O5. The quantitative estimate of drug-likeness (QED) is 0.457. The molecule has 0 bridgehead atoms. The Balaban J connectivity index is 1.20. The van der Waals surface area contributed by atoms with Crippen molar-refractivity contribution in [2.24, 2.45) is 0 Å². The number of carbonyl (C=O) groups excluding carboxylic acids is 1. The number of aliphatic hydroxyl groups excluding tert-OH is 1. The molecular weight excluding hydrogens is 440 g/mol. The number of aromatic nitrogens is 2. The van der Waals surface area contributed by atoms with Crippen LogP contribution in [-0.2, 0) is 14.2 Å². The summed E-state index contributed by atoms with van der Waals surface area (Å²) in [7, 11) is 0. The minimum atomic E-state index is -0.761. The fraction of sp³-hybridized carbons (Fsp3) is 0.750. The van der Waals surface area contributed by atoms with Crippen LogP contribution in [0.4, 0.5) is 22.1 Å². The topological polar surface area (TPSA) is 130 Å². The highest BCUT2D eigenvalue weighted by atomic mass is 35.5. The third-order valence-electron chi connectivity index (χ3n) is 6.38. The third-order valence-corrected chi connectivity index (χ3v) is 6.55. The van der Waals surface area contributed by atoms with Crippen molar-refractivity contribution in [1.29, 1.82) is 0 Å². The van der Waals surface area contributed by atoms with Crippen molar-refractivity contribution in [3.05, 3.63) is 5.28 Å². The van der Waals surface area contributed by atoms with Crippen LogP contribution >= 0.6 is 11.6 Å². The number of fused-ring (bicyclic) bond motifs is 1. The van der Waals surface area contributed by atoms with Gasteiger partial charge in [0.05, 0.1) is 25.4 Å². The van der Waals surface area contributed by atoms with Gasteiger partial charge < -0.3 is 40.2 Å². The van der Waals surface area contributed by atoms with Crippen molar-refractivity contribution in [2.45, 2.75) is 69.0 Å². The van der Waals surface area contributed by atoms with Crippen LogP contribution in [-0.4, -0.2) is 78.2 Å². The normalized spacial score (nSPS) is 29.8. The van der Waals surface area contributed by atoms with E-state index in [2.05, 4.69) is 25.9 Å². The van der Waals surface area contributed by atoms with Crippen molar-refractivity contribution in [3.63, 3.8) is 0 Å². The largest absolute Gasteiger partial charge is 0.447 e. The number of halogens is 1. The van der Waals surface area contributed by atoms with E-state index in [0.29, 0.717) is 43.6 Å². The van der Waals surface area contributed by atoms with E-state index in [-0.39, 0.29) is 24.0 Å². The Kier molecular flexibility index (Phi) is 6.40. The van der Waals surface area contributed by atoms with Crippen LogP contribution in [0, 0.1) is 0 Å². The van der Waals surface area contributed by atoms with Gasteiger partial charge in [-0.05, 0) is 30.9 Å². The van der Waals surface area contributed by atoms with Crippen LogP contribution < -0.4 is 20.9 Å². The minimum absolute atomic E-state index is 0.0826. The Bertz CT molecular complexity index is 835. The first kappa shape index (κ1) is 21.7. The van der Waals surface area contributed by atoms with E-state index in [4.69, 9.17) is 25.8 Å². The molecule has 32 heavy (non-hydrogen) atoms. The lowest BCUT2D eigenvalue weighted by Gasteiger charge is -2.27. The molecule has 1 aromatic rings. The molecule has 12 heteroatoms. The monoisotopic (exact) mass is 468 g/mol. The third kappa shape index (κ3) is 4.66. The molecule has 1 saturated carbocycles. The molecule has 1 aliphatic carbocycles. The first-order valence-corrected chi connectivity index (χ1v) is 11.6. The summed E-state index contributed by atoms with van der Waals surface area (Å²) >= 11 is 6.19. The molecule has 3 aliphatic heterocycles. The molecule has 0 spiro atoms. The molecule has 4 heterocycles. The second-order valence-electron chi connectivity index (χ2n) is 8.73. The molecule has 1 unspecified atom stereocenters. The molecule has 4 aliphatic rings. The van der Waals surface area contributed by atoms with Gasteiger partial charge in [0.2, 0.25) is 5.28 Å². The molecule has 2 saturated heterocycles. The Hall–Kier alpha value is -2.08. The first-order valence-electron chi connectivity index (χ1n) is 11.3. The molecule has 5 rings (SSSR count). The number of hydrogen-bond acceptors (Lipinski definition) is 10. The fourth-order valence-electron chi connectivity index (χ4n) is 4.75. The van der Waals surface area contributed by atoms with E-state index in [1.165, 1.54) is 0 Å². The van der Waals surface area contributed by atoms with Crippen LogP contribution in [0.2, 0.25) is 5.28 Å². The van der Waals surface area contributed by atoms with Crippen molar-refractivity contribution in [2.75, 3.05) is 42.0 Å². The average Bonchev–Trinajstić information content (AvgIpc) is 3.54. The van der Waals surface area contributed by atoms with E-state index in [0.717, 1.165) is 32.1 Å². The summed E-state index contributed by atoms with van der Waals surface area (Å²) in [6.45, 7) is 1.79. The van der Waals surface area contributed by atoms with Gasteiger partial charge in [-0.3, -0.25) is 0 Å². The Morgan fingerprint density at radius 2 is 2.12 bits per heavy atom. The summed E-state index contributed by atoms with van der Waals surface area (Å²) in [5.74, 6) is 1.17. The van der Waals surface area contributed by atoms with E-state index in [1.54, 1.807) is 0 Å². The van der Waals surface area contributed by atoms with Crippen molar-refractivity contribution in [1.82, 2.24) is 15.3 Å². The van der Waals surface area contributed by atoms with Gasteiger partial charge in [0.25, 0.3) is 0 Å². The number of rotatable bonds is 6. The summed E-state index contributed by atoms with van der Waals surface area (Å²) in [6.07, 6.45) is 3.27. The van der Waals surface area contributed by atoms with Gasteiger partial charge in [0.1, 0.15) is 18.4 Å². The summed E-state index contributed by atoms with van der Waals surface area (Å²) in [4.78, 5) is 22.5. The molecule has 0 aromatic carbocycles. The molecule has 4 atom stereocenters. The smallest absolute Gasteiger partial charge is 0.407 e. The summed E-state index contributed by atoms with van der Waals surface area (Å²) < 4.78 is 16.8. The summed E-state index contributed by atoms with van der Waals surface area (Å²) in [5.41, 5.74) is 0.716. The molecule has 1 amide bonds. The Morgan fingerprint density at radius 3 is 2.91 bits per heavy atom. The van der Waals surface area contributed by atoms with Gasteiger partial charge >= 0.3 is 6.09 Å². The number of nitrogens with one attached hydrogen (secondary N) is 3. The Morgan fingerprint density at radius 1 is 1.28 bits per heavy atom. The predicted octanol–water partition coefficient (Wildman–Crippen LogP) is 1.66. The summed E-state index contributed by atoms with van der Waals surface area (Å²) in [6, 6.07) is 0.353. The van der Waals surface area contributed by atoms with E-state index in [1.807, 2.05) is 4.90 Å². The highest BCUT2D eigenvalue weighted by Crippen LogP contribution is 2.40. The van der Waals surface area contributed by atoms with Crippen molar-refractivity contribution < 1.29 is 24.1 Å². The maximum Gasteiger partial charge on any atom is 0.407 e. The SMILES string of the molecule is O=C(NC1CCCC1)OCC1C[C@@H](O)[C@H](N2CNc3c(N[C@@H]4CCOC4)nc(Cl)nc32)O1. The highest BCUT2D eigenvalue weighted by molar-refractivity contribution is 6.28. The zero-order valence-corrected chi connectivity index (χ0v) is 18.5. The van der Waals surface area contributed by atoms with E-state index < -0.39 is 24.5 Å². The number of amides is 1. The van der Waals surface area contributed by atoms with Gasteiger partial charge in [-0.2, -0.15) is 9.97 Å². The molecule has 176 valence electrons. The molecule has 0 radical (unpaired) electrons. The molecule has 3 fully saturated rings. The summed E-state index contributed by atoms with van der Waals surface area (Å²) in [5, 5.41) is 20.3. The predicted molar refractivity (Wildman–Crippen MR) is 117 cm³/mol. The number of aliphatic hydroxyl groups is 1. The number of alkyl carbamates (subject to hydrolysis) is 1. The molecule has 11 nitrogen and oxygen atoms in total. The lowest BCUT2D eigenvalue weighted by Crippen LogP contribution is -2.42. The van der Waals surface area contributed by atoms with Crippen LogP contribution in [0.5, 0.6) is 0 Å². The van der Waals surface area contributed by atoms with Gasteiger partial charge in [0.15, 0.2) is 17.9 Å². The van der Waals surface area contributed by atoms with Crippen LogP contribution in [0.25, 0.3) is 0 Å². The second-order valence-corrected chi connectivity index (χ2v) is 9.06. The lowest BCUT2D eigenvalue weighted by atomic mass is 10.2. The number of carbonyl (C=O) groups is 1. The number of hydrogen-bond donors (Lipinski definition) is 4. The maximum atomic E-state index is 12.0. The number of ether oxygens (including phenoxy) is 3. The van der Waals surface area contributed by atoms with Gasteiger partial charge in [0, 0.05) is 19.1 Å². The first-order chi connectivity index (χ1) is 15.6. The number of anilines is 3. The number of nitrogens with zero attached hydrogens (tertiary/aromatic N) is 3. The average molecular weight is 469 g/mol. The van der Waals surface area contributed by atoms with Gasteiger partial charge in [-0.1, -0.05) is 12.8 Å². The van der Waals surface area contributed by atoms with E-state index >= 15 is 0 Å². The lowest BCUT2D eigenvalue weighted by molar-refractivity contribution is -0.0137. The van der Waals surface area contributed by atoms with Crippen LogP contribution in [0.15, 0.2) is 0 Å². The van der Waals surface area contributed by atoms with Crippen LogP contribution in [0.1, 0.15) is 38.5 Å². The molecule has 4 N–H and O–H groups in total. The standard InChI is InChI=1S/C20H29ClN6O5/c21-19-25-16(23-12-5-6-30-8-12)15-17(26-19)27(10-22-15)18-14(28)7-13(32-18)9-31-20(29)24-11-3-1-2-4-11/h11-14,18,22,28H,1-10H2,(H,24,29)(H,23,25,26)/t12-,13?,14-,18-/m1/s1. The Labute approximate surface area is 191 Å².